The fraction of sp³-hybridized carbons (Fsp3) is 0.545. The van der Waals surface area contributed by atoms with E-state index in [0.717, 1.165) is 6.92 Å². The van der Waals surface area contributed by atoms with Crippen LogP contribution in [0.4, 0.5) is 13.2 Å². The third-order valence-corrected chi connectivity index (χ3v) is 2.90. The number of esters is 1. The van der Waals surface area contributed by atoms with Crippen molar-refractivity contribution >= 4 is 5.97 Å². The van der Waals surface area contributed by atoms with E-state index >= 15 is 0 Å². The van der Waals surface area contributed by atoms with Crippen LogP contribution in [-0.2, 0) is 14.3 Å². The number of carbonyl (C=O) groups is 1. The highest BCUT2D eigenvalue weighted by atomic mass is 19.2. The largest absolute Gasteiger partial charge is 0.463 e. The minimum absolute atomic E-state index is 0.405. The number of hydrogen-bond acceptors (Lipinski definition) is 5. The number of aromatic nitrogens is 2. The molecule has 0 aromatic carbocycles. The molecule has 2 heterocycles. The molecule has 1 aromatic rings. The van der Waals surface area contributed by atoms with Crippen molar-refractivity contribution < 1.29 is 27.4 Å². The van der Waals surface area contributed by atoms with E-state index in [-0.39, 0.29) is 0 Å². The Morgan fingerprint density at radius 1 is 1.43 bits per heavy atom. The fourth-order valence-electron chi connectivity index (χ4n) is 1.89. The molecule has 0 aliphatic carbocycles. The Morgan fingerprint density at radius 3 is 2.71 bits per heavy atom. The zero-order valence-corrected chi connectivity index (χ0v) is 10.7. The molecule has 7 nitrogen and oxygen atoms in total. The van der Waals surface area contributed by atoms with Gasteiger partial charge in [0.15, 0.2) is 18.6 Å². The quantitative estimate of drug-likeness (QED) is 0.782. The molecule has 1 aromatic heterocycles. The van der Waals surface area contributed by atoms with Gasteiger partial charge in [-0.1, -0.05) is 0 Å². The van der Waals surface area contributed by atoms with Crippen LogP contribution in [0.3, 0.4) is 0 Å². The number of halogens is 3. The number of nitrogens with zero attached hydrogens (tertiary/aromatic N) is 1. The van der Waals surface area contributed by atoms with Crippen LogP contribution in [0.1, 0.15) is 13.2 Å². The number of rotatable bonds is 3. The highest BCUT2D eigenvalue weighted by Crippen LogP contribution is 2.33. The lowest BCUT2D eigenvalue weighted by atomic mass is 10.2. The van der Waals surface area contributed by atoms with E-state index in [2.05, 4.69) is 4.74 Å². The second kappa shape index (κ2) is 5.72. The van der Waals surface area contributed by atoms with Crippen molar-refractivity contribution in [2.45, 2.75) is 31.6 Å². The van der Waals surface area contributed by atoms with E-state index in [0.29, 0.717) is 10.8 Å². The van der Waals surface area contributed by atoms with E-state index in [1.54, 1.807) is 4.98 Å². The molecule has 0 radical (unpaired) electrons. The fourth-order valence-corrected chi connectivity index (χ4v) is 1.89. The number of H-pyrrole nitrogens is 1. The Labute approximate surface area is 115 Å². The van der Waals surface area contributed by atoms with Crippen molar-refractivity contribution in [3.05, 3.63) is 32.9 Å². The molecule has 1 N–H and O–H groups in total. The van der Waals surface area contributed by atoms with Crippen LogP contribution in [0.15, 0.2) is 15.8 Å². The summed E-state index contributed by atoms with van der Waals surface area (Å²) < 4.78 is 50.6. The van der Waals surface area contributed by atoms with Crippen LogP contribution in [0.25, 0.3) is 0 Å². The number of hydrogen-bond donors (Lipinski definition) is 1. The standard InChI is InChI=1S/C11H11F3N2O5/c1-4(17)20-3-6-7(13)8(14)10(21-6)16-2-5(12)9(18)15-11(16)19/h2,6-8,10H,3H2,1H3,(H,15,18,19)/t6-,7-,8-,10-/m1/s1. The zero-order chi connectivity index (χ0) is 15.7. The first-order chi connectivity index (χ1) is 9.81. The van der Waals surface area contributed by atoms with Gasteiger partial charge < -0.3 is 9.47 Å². The summed E-state index contributed by atoms with van der Waals surface area (Å²) in [5.41, 5.74) is -2.42. The molecule has 1 aliphatic heterocycles. The minimum Gasteiger partial charge on any atom is -0.463 e. The Bertz CT molecular complexity index is 658. The number of carbonyl (C=O) groups excluding carboxylic acids is 1. The number of alkyl halides is 2. The van der Waals surface area contributed by atoms with Crippen molar-refractivity contribution in [3.8, 4) is 0 Å². The summed E-state index contributed by atoms with van der Waals surface area (Å²) in [6, 6.07) is 0. The SMILES string of the molecule is CC(=O)OC[C@H]1O[C@@H](n2cc(F)c(=O)[nH]c2=O)[C@H](F)[C@@H]1F. The predicted molar refractivity (Wildman–Crippen MR) is 61.6 cm³/mol. The van der Waals surface area contributed by atoms with E-state index in [9.17, 15) is 27.6 Å². The molecule has 1 saturated heterocycles. The van der Waals surface area contributed by atoms with Crippen LogP contribution in [0.5, 0.6) is 0 Å². The van der Waals surface area contributed by atoms with Crippen LogP contribution in [0.2, 0.25) is 0 Å². The third kappa shape index (κ3) is 2.99. The zero-order valence-electron chi connectivity index (χ0n) is 10.7. The van der Waals surface area contributed by atoms with Crippen LogP contribution in [-0.4, -0.2) is 40.6 Å². The molecule has 0 bridgehead atoms. The van der Waals surface area contributed by atoms with Gasteiger partial charge in [-0.05, 0) is 0 Å². The molecule has 21 heavy (non-hydrogen) atoms. The third-order valence-electron chi connectivity index (χ3n) is 2.90. The maximum atomic E-state index is 13.8. The number of ether oxygens (including phenoxy) is 2. The van der Waals surface area contributed by atoms with Gasteiger partial charge in [0.25, 0.3) is 5.56 Å². The molecular weight excluding hydrogens is 297 g/mol. The maximum Gasteiger partial charge on any atom is 0.330 e. The average molecular weight is 308 g/mol. The van der Waals surface area contributed by atoms with Gasteiger partial charge in [0, 0.05) is 6.92 Å². The summed E-state index contributed by atoms with van der Waals surface area (Å²) >= 11 is 0. The topological polar surface area (TPSA) is 90.4 Å². The van der Waals surface area contributed by atoms with Crippen LogP contribution < -0.4 is 11.2 Å². The van der Waals surface area contributed by atoms with E-state index in [4.69, 9.17) is 4.74 Å². The molecular formula is C11H11F3N2O5. The van der Waals surface area contributed by atoms with Crippen molar-refractivity contribution in [2.24, 2.45) is 0 Å². The molecule has 0 unspecified atom stereocenters. The Hall–Kier alpha value is -2.10. The Kier molecular flexibility index (Phi) is 4.16. The number of aromatic amines is 1. The van der Waals surface area contributed by atoms with Gasteiger partial charge >= 0.3 is 11.7 Å². The monoisotopic (exact) mass is 308 g/mol. The van der Waals surface area contributed by atoms with Gasteiger partial charge in [0.1, 0.15) is 12.7 Å². The summed E-state index contributed by atoms with van der Waals surface area (Å²) in [6.07, 6.45) is -7.22. The van der Waals surface area contributed by atoms with Crippen LogP contribution in [0, 0.1) is 5.82 Å². The second-order valence-corrected chi connectivity index (χ2v) is 4.40. The Balaban J connectivity index is 2.25. The van der Waals surface area contributed by atoms with E-state index < -0.39 is 54.3 Å². The summed E-state index contributed by atoms with van der Waals surface area (Å²) in [6.45, 7) is 0.530. The lowest BCUT2D eigenvalue weighted by Crippen LogP contribution is -2.36. The van der Waals surface area contributed by atoms with Crippen molar-refractivity contribution in [1.29, 1.82) is 0 Å². The van der Waals surface area contributed by atoms with Gasteiger partial charge in [-0.3, -0.25) is 19.1 Å². The first-order valence-corrected chi connectivity index (χ1v) is 5.89. The molecule has 0 amide bonds. The lowest BCUT2D eigenvalue weighted by Gasteiger charge is -2.15. The summed E-state index contributed by atoms with van der Waals surface area (Å²) in [5.74, 6) is -2.05. The smallest absolute Gasteiger partial charge is 0.330 e. The molecule has 4 atom stereocenters. The first kappa shape index (κ1) is 15.3. The van der Waals surface area contributed by atoms with Gasteiger partial charge in [0.05, 0.1) is 6.20 Å². The van der Waals surface area contributed by atoms with Gasteiger partial charge in [-0.15, -0.1) is 0 Å². The molecule has 116 valence electrons. The Morgan fingerprint density at radius 2 is 2.10 bits per heavy atom. The molecule has 2 rings (SSSR count). The highest BCUT2D eigenvalue weighted by molar-refractivity contribution is 5.65. The second-order valence-electron chi connectivity index (χ2n) is 4.40. The van der Waals surface area contributed by atoms with Gasteiger partial charge in [-0.2, -0.15) is 4.39 Å². The van der Waals surface area contributed by atoms with Crippen molar-refractivity contribution in [3.63, 3.8) is 0 Å². The summed E-state index contributed by atoms with van der Waals surface area (Å²) in [5, 5.41) is 0. The normalized spacial score (nSPS) is 28.6. The minimum atomic E-state index is -2.28. The summed E-state index contributed by atoms with van der Waals surface area (Å²) in [4.78, 5) is 34.6. The predicted octanol–water partition coefficient (Wildman–Crippen LogP) is -0.188. The molecule has 10 heteroatoms. The molecule has 1 aliphatic rings. The van der Waals surface area contributed by atoms with Crippen molar-refractivity contribution in [2.75, 3.05) is 6.61 Å². The van der Waals surface area contributed by atoms with E-state index in [1.807, 2.05) is 0 Å². The maximum absolute atomic E-state index is 13.8. The van der Waals surface area contributed by atoms with E-state index in [1.165, 1.54) is 0 Å². The van der Waals surface area contributed by atoms with Crippen LogP contribution >= 0.6 is 0 Å². The molecule has 1 fully saturated rings. The average Bonchev–Trinajstić information content (AvgIpc) is 2.68. The molecule has 0 spiro atoms. The van der Waals surface area contributed by atoms with Gasteiger partial charge in [-0.25, -0.2) is 13.6 Å². The summed E-state index contributed by atoms with van der Waals surface area (Å²) in [7, 11) is 0. The molecule has 0 saturated carbocycles. The van der Waals surface area contributed by atoms with Gasteiger partial charge in [0.2, 0.25) is 5.82 Å². The lowest BCUT2D eigenvalue weighted by molar-refractivity contribution is -0.146. The first-order valence-electron chi connectivity index (χ1n) is 5.89. The van der Waals surface area contributed by atoms with Crippen molar-refractivity contribution in [1.82, 2.24) is 9.55 Å². The number of nitrogens with one attached hydrogen (secondary N) is 1. The highest BCUT2D eigenvalue weighted by Gasteiger charge is 2.47.